The van der Waals surface area contributed by atoms with E-state index in [1.54, 1.807) is 12.3 Å². The minimum absolute atomic E-state index is 0.0332. The molecule has 0 spiro atoms. The van der Waals surface area contributed by atoms with E-state index in [9.17, 15) is 0 Å². The summed E-state index contributed by atoms with van der Waals surface area (Å²) in [5.74, 6) is 0. The van der Waals surface area contributed by atoms with Crippen LogP contribution in [0.1, 0.15) is 17.2 Å². The van der Waals surface area contributed by atoms with Crippen molar-refractivity contribution in [2.45, 2.75) is 6.04 Å². The summed E-state index contributed by atoms with van der Waals surface area (Å²) in [6.45, 7) is 0. The molecular weight excluding hydrogens is 303 g/mol. The second-order valence-electron chi connectivity index (χ2n) is 4.88. The van der Waals surface area contributed by atoms with E-state index in [4.69, 9.17) is 23.2 Å². The van der Waals surface area contributed by atoms with Crippen molar-refractivity contribution >= 4 is 34.1 Å². The average Bonchev–Trinajstić information content (AvgIpc) is 2.47. The van der Waals surface area contributed by atoms with Crippen molar-refractivity contribution in [1.29, 1.82) is 0 Å². The van der Waals surface area contributed by atoms with E-state index in [0.717, 1.165) is 22.0 Å². The Bertz CT molecular complexity index is 766. The van der Waals surface area contributed by atoms with Gasteiger partial charge in [-0.05, 0) is 54.6 Å². The molecule has 3 aromatic rings. The topological polar surface area (TPSA) is 24.9 Å². The molecule has 0 fully saturated rings. The number of hydrogen-bond acceptors (Lipinski definition) is 2. The first-order valence-electron chi connectivity index (χ1n) is 6.65. The molecule has 0 radical (unpaired) electrons. The van der Waals surface area contributed by atoms with Crippen molar-refractivity contribution in [2.75, 3.05) is 7.05 Å². The first-order valence-corrected chi connectivity index (χ1v) is 7.41. The van der Waals surface area contributed by atoms with Crippen LogP contribution in [0.5, 0.6) is 0 Å². The van der Waals surface area contributed by atoms with E-state index < -0.39 is 0 Å². The lowest BCUT2D eigenvalue weighted by Crippen LogP contribution is -2.17. The molecular formula is C17H14Cl2N2. The fraction of sp³-hybridized carbons (Fsp3) is 0.118. The molecule has 21 heavy (non-hydrogen) atoms. The Balaban J connectivity index is 2.08. The highest BCUT2D eigenvalue weighted by Crippen LogP contribution is 2.29. The van der Waals surface area contributed by atoms with Gasteiger partial charge in [0.05, 0.1) is 11.6 Å². The third-order valence-corrected chi connectivity index (χ3v) is 3.90. The van der Waals surface area contributed by atoms with Gasteiger partial charge in [0.15, 0.2) is 0 Å². The van der Waals surface area contributed by atoms with Crippen LogP contribution in [-0.4, -0.2) is 12.0 Å². The minimum atomic E-state index is 0.0332. The number of pyridine rings is 1. The van der Waals surface area contributed by atoms with Gasteiger partial charge in [-0.15, -0.1) is 0 Å². The van der Waals surface area contributed by atoms with Crippen molar-refractivity contribution in [3.8, 4) is 0 Å². The molecule has 0 aliphatic heterocycles. The lowest BCUT2D eigenvalue weighted by atomic mass is 9.97. The van der Waals surface area contributed by atoms with Crippen LogP contribution in [0.25, 0.3) is 10.9 Å². The highest BCUT2D eigenvalue weighted by Gasteiger charge is 2.14. The van der Waals surface area contributed by atoms with Gasteiger partial charge in [0.25, 0.3) is 0 Å². The lowest BCUT2D eigenvalue weighted by Gasteiger charge is -2.18. The zero-order chi connectivity index (χ0) is 14.8. The number of fused-ring (bicyclic) bond motifs is 1. The predicted octanol–water partition coefficient (Wildman–Crippen LogP) is 4.85. The highest BCUT2D eigenvalue weighted by atomic mass is 35.5. The van der Waals surface area contributed by atoms with E-state index in [2.05, 4.69) is 28.5 Å². The van der Waals surface area contributed by atoms with Crippen molar-refractivity contribution < 1.29 is 0 Å². The molecule has 1 unspecified atom stereocenters. The number of benzene rings is 2. The smallest absolute Gasteiger partial charge is 0.0702 e. The quantitative estimate of drug-likeness (QED) is 0.747. The maximum Gasteiger partial charge on any atom is 0.0702 e. The molecule has 0 aliphatic rings. The lowest BCUT2D eigenvalue weighted by molar-refractivity contribution is 0.693. The van der Waals surface area contributed by atoms with Gasteiger partial charge < -0.3 is 5.32 Å². The van der Waals surface area contributed by atoms with Crippen LogP contribution in [0, 0.1) is 0 Å². The monoisotopic (exact) mass is 316 g/mol. The van der Waals surface area contributed by atoms with Gasteiger partial charge in [-0.2, -0.15) is 0 Å². The molecule has 1 heterocycles. The Labute approximate surface area is 133 Å². The van der Waals surface area contributed by atoms with Crippen molar-refractivity contribution in [3.63, 3.8) is 0 Å². The van der Waals surface area contributed by atoms with Crippen LogP contribution in [0.3, 0.4) is 0 Å². The normalized spacial score (nSPS) is 12.5. The summed E-state index contributed by atoms with van der Waals surface area (Å²) in [5, 5.41) is 5.71. The SMILES string of the molecule is CNC(c1cc(Cl)cc(Cl)c1)c1ccc2ncccc2c1. The maximum atomic E-state index is 6.11. The standard InChI is InChI=1S/C17H14Cl2N2/c1-20-17(13-8-14(18)10-15(19)9-13)12-4-5-16-11(7-12)3-2-6-21-16/h2-10,17,20H,1H3. The summed E-state index contributed by atoms with van der Waals surface area (Å²) in [6, 6.07) is 15.9. The second kappa shape index (κ2) is 6.02. The second-order valence-corrected chi connectivity index (χ2v) is 5.75. The summed E-state index contributed by atoms with van der Waals surface area (Å²) in [4.78, 5) is 4.35. The third-order valence-electron chi connectivity index (χ3n) is 3.47. The minimum Gasteiger partial charge on any atom is -0.309 e. The molecule has 2 aromatic carbocycles. The first-order chi connectivity index (χ1) is 10.2. The van der Waals surface area contributed by atoms with E-state index in [0.29, 0.717) is 10.0 Å². The summed E-state index contributed by atoms with van der Waals surface area (Å²) in [6.07, 6.45) is 1.80. The molecule has 4 heteroatoms. The van der Waals surface area contributed by atoms with E-state index >= 15 is 0 Å². The molecule has 0 amide bonds. The molecule has 2 nitrogen and oxygen atoms in total. The summed E-state index contributed by atoms with van der Waals surface area (Å²) in [5.41, 5.74) is 3.18. The van der Waals surface area contributed by atoms with E-state index in [1.165, 1.54) is 0 Å². The number of hydrogen-bond donors (Lipinski definition) is 1. The molecule has 3 rings (SSSR count). The van der Waals surface area contributed by atoms with Crippen LogP contribution in [-0.2, 0) is 0 Å². The molecule has 1 aromatic heterocycles. The third kappa shape index (κ3) is 3.03. The summed E-state index contributed by atoms with van der Waals surface area (Å²) < 4.78 is 0. The largest absolute Gasteiger partial charge is 0.309 e. The number of rotatable bonds is 3. The fourth-order valence-electron chi connectivity index (χ4n) is 2.54. The predicted molar refractivity (Wildman–Crippen MR) is 89.1 cm³/mol. The number of nitrogens with zero attached hydrogens (tertiary/aromatic N) is 1. The van der Waals surface area contributed by atoms with Gasteiger partial charge >= 0.3 is 0 Å². The van der Waals surface area contributed by atoms with Gasteiger partial charge in [0.1, 0.15) is 0 Å². The number of nitrogens with one attached hydrogen (secondary N) is 1. The molecule has 0 saturated heterocycles. The molecule has 106 valence electrons. The Morgan fingerprint density at radius 3 is 2.43 bits per heavy atom. The summed E-state index contributed by atoms with van der Waals surface area (Å²) >= 11 is 12.2. The van der Waals surface area contributed by atoms with E-state index in [1.807, 2.05) is 31.3 Å². The van der Waals surface area contributed by atoms with Gasteiger partial charge in [0.2, 0.25) is 0 Å². The van der Waals surface area contributed by atoms with Crippen molar-refractivity contribution in [3.05, 3.63) is 75.9 Å². The van der Waals surface area contributed by atoms with Crippen LogP contribution in [0.15, 0.2) is 54.7 Å². The van der Waals surface area contributed by atoms with E-state index in [-0.39, 0.29) is 6.04 Å². The van der Waals surface area contributed by atoms with Gasteiger partial charge in [-0.25, -0.2) is 0 Å². The Hall–Kier alpha value is -1.61. The highest BCUT2D eigenvalue weighted by molar-refractivity contribution is 6.34. The zero-order valence-corrected chi connectivity index (χ0v) is 13.0. The molecule has 0 saturated carbocycles. The fourth-order valence-corrected chi connectivity index (χ4v) is 3.08. The molecule has 0 aliphatic carbocycles. The van der Waals surface area contributed by atoms with Gasteiger partial charge in [-0.3, -0.25) is 4.98 Å². The zero-order valence-electron chi connectivity index (χ0n) is 11.5. The maximum absolute atomic E-state index is 6.11. The Morgan fingerprint density at radius 1 is 0.952 bits per heavy atom. The average molecular weight is 317 g/mol. The Morgan fingerprint density at radius 2 is 1.71 bits per heavy atom. The molecule has 0 bridgehead atoms. The van der Waals surface area contributed by atoms with Crippen LogP contribution >= 0.6 is 23.2 Å². The molecule has 1 atom stereocenters. The number of aromatic nitrogens is 1. The molecule has 1 N–H and O–H groups in total. The Kier molecular flexibility index (Phi) is 4.11. The van der Waals surface area contributed by atoms with Gasteiger partial charge in [0, 0.05) is 21.6 Å². The van der Waals surface area contributed by atoms with Crippen LogP contribution < -0.4 is 5.32 Å². The summed E-state index contributed by atoms with van der Waals surface area (Å²) in [7, 11) is 1.92. The number of halogens is 2. The van der Waals surface area contributed by atoms with Crippen LogP contribution in [0.4, 0.5) is 0 Å². The van der Waals surface area contributed by atoms with Crippen LogP contribution in [0.2, 0.25) is 10.0 Å². The van der Waals surface area contributed by atoms with Crippen molar-refractivity contribution in [1.82, 2.24) is 10.3 Å². The van der Waals surface area contributed by atoms with Crippen molar-refractivity contribution in [2.24, 2.45) is 0 Å². The first kappa shape index (κ1) is 14.3. The van der Waals surface area contributed by atoms with Gasteiger partial charge in [-0.1, -0.05) is 35.3 Å².